The van der Waals surface area contributed by atoms with Gasteiger partial charge < -0.3 is 0 Å². The Morgan fingerprint density at radius 1 is 0.966 bits per heavy atom. The Kier molecular flexibility index (Phi) is 5.03. The number of aryl methyl sites for hydroxylation is 2. The number of thiophene rings is 1. The van der Waals surface area contributed by atoms with Gasteiger partial charge in [-0.25, -0.2) is 4.90 Å². The Morgan fingerprint density at radius 2 is 1.59 bits per heavy atom. The lowest BCUT2D eigenvalue weighted by atomic mass is 10.1. The highest BCUT2D eigenvalue weighted by Gasteiger charge is 2.45. The van der Waals surface area contributed by atoms with E-state index < -0.39 is 6.04 Å². The van der Waals surface area contributed by atoms with Crippen LogP contribution in [0.3, 0.4) is 0 Å². The molecule has 1 atom stereocenters. The fraction of sp³-hybridized carbons (Fsp3) is 0.174. The van der Waals surface area contributed by atoms with Gasteiger partial charge in [-0.2, -0.15) is 0 Å². The molecule has 6 heteroatoms. The van der Waals surface area contributed by atoms with Crippen LogP contribution in [0.1, 0.15) is 27.2 Å². The lowest BCUT2D eigenvalue weighted by molar-refractivity contribution is -0.121. The maximum atomic E-state index is 13.3. The van der Waals surface area contributed by atoms with Gasteiger partial charge in [0.25, 0.3) is 11.8 Å². The quantitative estimate of drug-likeness (QED) is 0.608. The van der Waals surface area contributed by atoms with E-state index in [0.29, 0.717) is 16.3 Å². The first kappa shape index (κ1) is 19.1. The Balaban J connectivity index is 1.73. The molecule has 0 spiro atoms. The molecule has 4 rings (SSSR count). The number of carbonyl (C=O) groups excluding carboxylic acids is 3. The van der Waals surface area contributed by atoms with E-state index in [9.17, 15) is 14.4 Å². The van der Waals surface area contributed by atoms with Crippen LogP contribution in [0.5, 0.6) is 0 Å². The second-order valence-corrected chi connectivity index (χ2v) is 8.06. The average Bonchev–Trinajstić information content (AvgIpc) is 3.34. The fourth-order valence-corrected chi connectivity index (χ4v) is 4.11. The predicted molar refractivity (Wildman–Crippen MR) is 114 cm³/mol. The van der Waals surface area contributed by atoms with E-state index in [4.69, 9.17) is 0 Å². The van der Waals surface area contributed by atoms with Gasteiger partial charge in [0.2, 0.25) is 5.91 Å². The minimum Gasteiger partial charge on any atom is -0.295 e. The van der Waals surface area contributed by atoms with Gasteiger partial charge in [-0.05, 0) is 49.6 Å². The molecule has 0 radical (unpaired) electrons. The third-order valence-electron chi connectivity index (χ3n) is 4.99. The highest BCUT2D eigenvalue weighted by molar-refractivity contribution is 7.12. The highest BCUT2D eigenvalue weighted by atomic mass is 32.1. The second kappa shape index (κ2) is 7.64. The normalized spacial score (nSPS) is 16.3. The summed E-state index contributed by atoms with van der Waals surface area (Å²) in [7, 11) is 0. The van der Waals surface area contributed by atoms with E-state index in [1.165, 1.54) is 21.1 Å². The van der Waals surface area contributed by atoms with Crippen LogP contribution in [0.25, 0.3) is 0 Å². The average molecular weight is 404 g/mol. The van der Waals surface area contributed by atoms with Gasteiger partial charge in [0, 0.05) is 5.69 Å². The predicted octanol–water partition coefficient (Wildman–Crippen LogP) is 4.34. The number of rotatable bonds is 4. The minimum absolute atomic E-state index is 0.0439. The molecule has 5 nitrogen and oxygen atoms in total. The molecule has 0 N–H and O–H groups in total. The molecule has 0 aliphatic carbocycles. The number of anilines is 2. The van der Waals surface area contributed by atoms with Crippen LogP contribution < -0.4 is 9.80 Å². The molecular formula is C23H20N2O3S. The van der Waals surface area contributed by atoms with E-state index in [1.54, 1.807) is 24.3 Å². The monoisotopic (exact) mass is 404 g/mol. The fourth-order valence-electron chi connectivity index (χ4n) is 3.45. The van der Waals surface area contributed by atoms with Crippen molar-refractivity contribution in [3.8, 4) is 0 Å². The molecule has 3 aromatic rings. The summed E-state index contributed by atoms with van der Waals surface area (Å²) in [6.07, 6.45) is -0.0439. The second-order valence-electron chi connectivity index (χ2n) is 7.11. The minimum atomic E-state index is -0.874. The summed E-state index contributed by atoms with van der Waals surface area (Å²) in [5.74, 6) is -0.968. The third-order valence-corrected chi connectivity index (χ3v) is 5.85. The zero-order valence-corrected chi connectivity index (χ0v) is 17.0. The van der Waals surface area contributed by atoms with Gasteiger partial charge in [-0.15, -0.1) is 11.3 Å². The zero-order chi connectivity index (χ0) is 20.5. The molecule has 1 aliphatic heterocycles. The number of benzene rings is 2. The van der Waals surface area contributed by atoms with Crippen LogP contribution in [-0.2, 0) is 9.59 Å². The summed E-state index contributed by atoms with van der Waals surface area (Å²) >= 11 is 1.32. The van der Waals surface area contributed by atoms with Gasteiger partial charge in [0.05, 0.1) is 17.0 Å². The Hall–Kier alpha value is -3.25. The van der Waals surface area contributed by atoms with Gasteiger partial charge >= 0.3 is 0 Å². The molecule has 3 amide bonds. The van der Waals surface area contributed by atoms with Crippen molar-refractivity contribution in [2.24, 2.45) is 0 Å². The Morgan fingerprint density at radius 3 is 2.17 bits per heavy atom. The number of carbonyl (C=O) groups is 3. The van der Waals surface area contributed by atoms with Crippen LogP contribution >= 0.6 is 11.3 Å². The number of hydrogen-bond acceptors (Lipinski definition) is 4. The molecule has 1 fully saturated rings. The van der Waals surface area contributed by atoms with Crippen LogP contribution in [0.4, 0.5) is 11.4 Å². The smallest absolute Gasteiger partial charge is 0.269 e. The summed E-state index contributed by atoms with van der Waals surface area (Å²) in [6.45, 7) is 3.90. The van der Waals surface area contributed by atoms with Gasteiger partial charge in [-0.3, -0.25) is 19.3 Å². The van der Waals surface area contributed by atoms with E-state index in [1.807, 2.05) is 55.6 Å². The third kappa shape index (κ3) is 3.59. The summed E-state index contributed by atoms with van der Waals surface area (Å²) < 4.78 is 0. The first-order valence-electron chi connectivity index (χ1n) is 9.33. The molecular weight excluding hydrogens is 384 g/mol. The van der Waals surface area contributed by atoms with Crippen molar-refractivity contribution in [1.82, 2.24) is 0 Å². The summed E-state index contributed by atoms with van der Waals surface area (Å²) in [4.78, 5) is 42.5. The van der Waals surface area contributed by atoms with Crippen LogP contribution in [0.2, 0.25) is 0 Å². The van der Waals surface area contributed by atoms with Gasteiger partial charge in [0.15, 0.2) is 0 Å². The maximum Gasteiger partial charge on any atom is 0.269 e. The first-order chi connectivity index (χ1) is 14.0. The maximum absolute atomic E-state index is 13.3. The molecule has 1 aliphatic rings. The lowest BCUT2D eigenvalue weighted by Gasteiger charge is -2.27. The van der Waals surface area contributed by atoms with Crippen molar-refractivity contribution in [2.75, 3.05) is 9.80 Å². The van der Waals surface area contributed by atoms with E-state index in [2.05, 4.69) is 0 Å². The van der Waals surface area contributed by atoms with Crippen LogP contribution in [-0.4, -0.2) is 23.8 Å². The molecule has 29 heavy (non-hydrogen) atoms. The molecule has 2 aromatic carbocycles. The van der Waals surface area contributed by atoms with Gasteiger partial charge in [0.1, 0.15) is 6.04 Å². The highest BCUT2D eigenvalue weighted by Crippen LogP contribution is 2.31. The zero-order valence-electron chi connectivity index (χ0n) is 16.2. The molecule has 0 bridgehead atoms. The van der Waals surface area contributed by atoms with E-state index in [0.717, 1.165) is 11.1 Å². The van der Waals surface area contributed by atoms with Crippen LogP contribution in [0.15, 0.2) is 66.0 Å². The molecule has 146 valence electrons. The molecule has 2 heterocycles. The number of amides is 3. The Labute approximate surface area is 173 Å². The molecule has 0 unspecified atom stereocenters. The topological polar surface area (TPSA) is 57.7 Å². The number of nitrogens with zero attached hydrogens (tertiary/aromatic N) is 2. The number of hydrogen-bond donors (Lipinski definition) is 0. The summed E-state index contributed by atoms with van der Waals surface area (Å²) in [5.41, 5.74) is 3.22. The SMILES string of the molecule is Cc1ccc(N2C(=O)C[C@@H](N(C(=O)c3cccs3)c3ccc(C)cc3)C2=O)cc1. The van der Waals surface area contributed by atoms with Crippen molar-refractivity contribution in [3.63, 3.8) is 0 Å². The Bertz CT molecular complexity index is 1060. The van der Waals surface area contributed by atoms with E-state index in [-0.39, 0.29) is 24.1 Å². The lowest BCUT2D eigenvalue weighted by Crippen LogP contribution is -2.45. The van der Waals surface area contributed by atoms with Crippen molar-refractivity contribution >= 4 is 40.4 Å². The standard InChI is InChI=1S/C23H20N2O3S/c1-15-5-9-17(10-6-15)24(23(28)20-4-3-13-29-20)19-14-21(26)25(22(19)27)18-11-7-16(2)8-12-18/h3-13,19H,14H2,1-2H3/t19-/m1/s1. The number of imide groups is 1. The van der Waals surface area contributed by atoms with Crippen molar-refractivity contribution < 1.29 is 14.4 Å². The van der Waals surface area contributed by atoms with Crippen LogP contribution in [0, 0.1) is 13.8 Å². The molecule has 1 saturated heterocycles. The molecule has 1 aromatic heterocycles. The van der Waals surface area contributed by atoms with Crippen molar-refractivity contribution in [1.29, 1.82) is 0 Å². The van der Waals surface area contributed by atoms with E-state index >= 15 is 0 Å². The van der Waals surface area contributed by atoms with Crippen molar-refractivity contribution in [3.05, 3.63) is 82.0 Å². The van der Waals surface area contributed by atoms with Crippen molar-refractivity contribution in [2.45, 2.75) is 26.3 Å². The molecule has 0 saturated carbocycles. The largest absolute Gasteiger partial charge is 0.295 e. The van der Waals surface area contributed by atoms with Gasteiger partial charge in [-0.1, -0.05) is 41.5 Å². The first-order valence-corrected chi connectivity index (χ1v) is 10.2. The summed E-state index contributed by atoms with van der Waals surface area (Å²) in [6, 6.07) is 17.3. The summed E-state index contributed by atoms with van der Waals surface area (Å²) in [5, 5.41) is 1.82.